The van der Waals surface area contributed by atoms with Gasteiger partial charge in [0.15, 0.2) is 0 Å². The molecule has 0 heterocycles. The first-order chi connectivity index (χ1) is 9.10. The highest BCUT2D eigenvalue weighted by Gasteiger charge is 2.10. The Morgan fingerprint density at radius 1 is 1.11 bits per heavy atom. The second kappa shape index (κ2) is 5.49. The van der Waals surface area contributed by atoms with E-state index in [0.717, 1.165) is 6.07 Å². The van der Waals surface area contributed by atoms with Crippen molar-refractivity contribution in [2.24, 2.45) is 0 Å². The van der Waals surface area contributed by atoms with E-state index in [1.807, 2.05) is 0 Å². The van der Waals surface area contributed by atoms with E-state index < -0.39 is 11.6 Å². The Bertz CT molecular complexity index is 612. The Labute approximate surface area is 110 Å². The lowest BCUT2D eigenvalue weighted by atomic mass is 10.1. The summed E-state index contributed by atoms with van der Waals surface area (Å²) < 4.78 is 26.3. The summed E-state index contributed by atoms with van der Waals surface area (Å²) in [5.41, 5.74) is 1.62. The van der Waals surface area contributed by atoms with Gasteiger partial charge in [-0.25, -0.2) is 8.78 Å². The van der Waals surface area contributed by atoms with Gasteiger partial charge in [0.05, 0.1) is 11.3 Å². The van der Waals surface area contributed by atoms with Gasteiger partial charge in [0.1, 0.15) is 17.7 Å². The van der Waals surface area contributed by atoms with E-state index in [-0.39, 0.29) is 6.04 Å². The number of halogens is 2. The standard InChI is InChI=1S/C15H12F2N2/c1-10(12-6-13(16)8-14(17)7-12)19-15-5-3-2-4-11(15)9-18/h2-8,10,19H,1H3. The van der Waals surface area contributed by atoms with Crippen molar-refractivity contribution in [3.05, 3.63) is 65.2 Å². The number of hydrogen-bond acceptors (Lipinski definition) is 2. The molecular formula is C15H12F2N2. The molecule has 0 saturated carbocycles. The third kappa shape index (κ3) is 3.08. The van der Waals surface area contributed by atoms with E-state index in [1.54, 1.807) is 31.2 Å². The fourth-order valence-corrected chi connectivity index (χ4v) is 1.85. The Morgan fingerprint density at radius 3 is 2.37 bits per heavy atom. The summed E-state index contributed by atoms with van der Waals surface area (Å²) in [5.74, 6) is -1.23. The molecule has 0 aliphatic heterocycles. The smallest absolute Gasteiger partial charge is 0.126 e. The average molecular weight is 258 g/mol. The predicted molar refractivity (Wildman–Crippen MR) is 69.6 cm³/mol. The van der Waals surface area contributed by atoms with Crippen LogP contribution in [0.25, 0.3) is 0 Å². The molecule has 4 heteroatoms. The number of rotatable bonds is 3. The van der Waals surface area contributed by atoms with E-state index >= 15 is 0 Å². The van der Waals surface area contributed by atoms with Gasteiger partial charge < -0.3 is 5.32 Å². The number of para-hydroxylation sites is 1. The number of benzene rings is 2. The maximum Gasteiger partial charge on any atom is 0.126 e. The van der Waals surface area contributed by atoms with Gasteiger partial charge in [-0.15, -0.1) is 0 Å². The van der Waals surface area contributed by atoms with E-state index in [4.69, 9.17) is 5.26 Å². The van der Waals surface area contributed by atoms with Crippen molar-refractivity contribution in [2.45, 2.75) is 13.0 Å². The Balaban J connectivity index is 2.26. The van der Waals surface area contributed by atoms with Crippen molar-refractivity contribution in [1.82, 2.24) is 0 Å². The highest BCUT2D eigenvalue weighted by molar-refractivity contribution is 5.58. The molecule has 0 amide bonds. The zero-order chi connectivity index (χ0) is 13.8. The molecule has 0 aliphatic carbocycles. The highest BCUT2D eigenvalue weighted by atomic mass is 19.1. The average Bonchev–Trinajstić information content (AvgIpc) is 2.38. The maximum atomic E-state index is 13.2. The Morgan fingerprint density at radius 2 is 1.74 bits per heavy atom. The first-order valence-electron chi connectivity index (χ1n) is 5.82. The summed E-state index contributed by atoms with van der Waals surface area (Å²) in [5, 5.41) is 12.1. The quantitative estimate of drug-likeness (QED) is 0.902. The minimum atomic E-state index is -0.614. The van der Waals surface area contributed by atoms with Crippen LogP contribution in [0.4, 0.5) is 14.5 Å². The number of nitrogens with zero attached hydrogens (tertiary/aromatic N) is 1. The summed E-state index contributed by atoms with van der Waals surface area (Å²) in [6.45, 7) is 1.78. The summed E-state index contributed by atoms with van der Waals surface area (Å²) in [7, 11) is 0. The molecule has 2 aromatic rings. The normalized spacial score (nSPS) is 11.7. The zero-order valence-corrected chi connectivity index (χ0v) is 10.3. The van der Waals surface area contributed by atoms with Crippen molar-refractivity contribution in [2.75, 3.05) is 5.32 Å². The minimum Gasteiger partial charge on any atom is -0.377 e. The van der Waals surface area contributed by atoms with Crippen molar-refractivity contribution in [3.63, 3.8) is 0 Å². The molecule has 2 rings (SSSR count). The molecule has 0 aromatic heterocycles. The fraction of sp³-hybridized carbons (Fsp3) is 0.133. The lowest BCUT2D eigenvalue weighted by Gasteiger charge is -2.16. The van der Waals surface area contributed by atoms with Gasteiger partial charge in [0.25, 0.3) is 0 Å². The van der Waals surface area contributed by atoms with E-state index in [0.29, 0.717) is 16.8 Å². The number of nitriles is 1. The van der Waals surface area contributed by atoms with Crippen molar-refractivity contribution in [1.29, 1.82) is 5.26 Å². The molecule has 0 spiro atoms. The van der Waals surface area contributed by atoms with Crippen LogP contribution in [-0.4, -0.2) is 0 Å². The molecule has 1 atom stereocenters. The summed E-state index contributed by atoms with van der Waals surface area (Å²) >= 11 is 0. The van der Waals surface area contributed by atoms with Crippen LogP contribution in [0.15, 0.2) is 42.5 Å². The second-order valence-corrected chi connectivity index (χ2v) is 4.23. The predicted octanol–water partition coefficient (Wildman–Crippen LogP) is 4.01. The molecule has 2 aromatic carbocycles. The highest BCUT2D eigenvalue weighted by Crippen LogP contribution is 2.23. The number of hydrogen-bond donors (Lipinski definition) is 1. The number of anilines is 1. The second-order valence-electron chi connectivity index (χ2n) is 4.23. The number of nitrogens with one attached hydrogen (secondary N) is 1. The van der Waals surface area contributed by atoms with Gasteiger partial charge in [-0.2, -0.15) is 5.26 Å². The summed E-state index contributed by atoms with van der Waals surface area (Å²) in [6.07, 6.45) is 0. The van der Waals surface area contributed by atoms with Crippen LogP contribution in [0.2, 0.25) is 0 Å². The van der Waals surface area contributed by atoms with Gasteiger partial charge in [-0.05, 0) is 36.8 Å². The van der Waals surface area contributed by atoms with Crippen molar-refractivity contribution >= 4 is 5.69 Å². The topological polar surface area (TPSA) is 35.8 Å². The first-order valence-corrected chi connectivity index (χ1v) is 5.82. The molecule has 2 nitrogen and oxygen atoms in total. The van der Waals surface area contributed by atoms with Crippen LogP contribution < -0.4 is 5.32 Å². The van der Waals surface area contributed by atoms with Crippen LogP contribution in [0, 0.1) is 23.0 Å². The monoisotopic (exact) mass is 258 g/mol. The van der Waals surface area contributed by atoms with Gasteiger partial charge in [-0.3, -0.25) is 0 Å². The van der Waals surface area contributed by atoms with Gasteiger partial charge >= 0.3 is 0 Å². The van der Waals surface area contributed by atoms with Crippen LogP contribution in [0.3, 0.4) is 0 Å². The van der Waals surface area contributed by atoms with E-state index in [2.05, 4.69) is 11.4 Å². The Kier molecular flexibility index (Phi) is 3.76. The lowest BCUT2D eigenvalue weighted by molar-refractivity contribution is 0.577. The SMILES string of the molecule is CC(Nc1ccccc1C#N)c1cc(F)cc(F)c1. The molecule has 0 radical (unpaired) electrons. The van der Waals surface area contributed by atoms with Gasteiger partial charge in [0, 0.05) is 12.1 Å². The van der Waals surface area contributed by atoms with Crippen LogP contribution in [-0.2, 0) is 0 Å². The third-order valence-electron chi connectivity index (χ3n) is 2.80. The largest absolute Gasteiger partial charge is 0.377 e. The maximum absolute atomic E-state index is 13.2. The van der Waals surface area contributed by atoms with Gasteiger partial charge in [0.2, 0.25) is 0 Å². The lowest BCUT2D eigenvalue weighted by Crippen LogP contribution is -2.08. The van der Waals surface area contributed by atoms with E-state index in [1.165, 1.54) is 12.1 Å². The van der Waals surface area contributed by atoms with Crippen LogP contribution in [0.1, 0.15) is 24.1 Å². The summed E-state index contributed by atoms with van der Waals surface area (Å²) in [6, 6.07) is 12.1. The molecule has 0 saturated heterocycles. The third-order valence-corrected chi connectivity index (χ3v) is 2.80. The molecule has 1 N–H and O–H groups in total. The molecule has 96 valence electrons. The molecule has 0 bridgehead atoms. The zero-order valence-electron chi connectivity index (χ0n) is 10.3. The summed E-state index contributed by atoms with van der Waals surface area (Å²) in [4.78, 5) is 0. The molecule has 19 heavy (non-hydrogen) atoms. The van der Waals surface area contributed by atoms with Crippen LogP contribution >= 0.6 is 0 Å². The first kappa shape index (κ1) is 13.0. The fourth-order valence-electron chi connectivity index (χ4n) is 1.85. The molecular weight excluding hydrogens is 246 g/mol. The van der Waals surface area contributed by atoms with E-state index in [9.17, 15) is 8.78 Å². The van der Waals surface area contributed by atoms with Crippen LogP contribution in [0.5, 0.6) is 0 Å². The minimum absolute atomic E-state index is 0.306. The van der Waals surface area contributed by atoms with Gasteiger partial charge in [-0.1, -0.05) is 12.1 Å². The molecule has 1 unspecified atom stereocenters. The molecule has 0 aliphatic rings. The van der Waals surface area contributed by atoms with Crippen molar-refractivity contribution < 1.29 is 8.78 Å². The molecule has 0 fully saturated rings. The Hall–Kier alpha value is -2.41. The van der Waals surface area contributed by atoms with Crippen molar-refractivity contribution in [3.8, 4) is 6.07 Å².